The Bertz CT molecular complexity index is 697. The predicted molar refractivity (Wildman–Crippen MR) is 59.4 cm³/mol. The van der Waals surface area contributed by atoms with Crippen molar-refractivity contribution in [3.8, 4) is 0 Å². The molecular weight excluding hydrogens is 226 g/mol. The molecule has 1 aromatic carbocycles. The van der Waals surface area contributed by atoms with E-state index in [-0.39, 0.29) is 5.75 Å². The summed E-state index contributed by atoms with van der Waals surface area (Å²) in [6.45, 7) is 0. The Balaban J connectivity index is 2.48. The van der Waals surface area contributed by atoms with Crippen LogP contribution in [0.1, 0.15) is 16.1 Å². The summed E-state index contributed by atoms with van der Waals surface area (Å²) in [5.41, 5.74) is 1.96. The number of carbonyl (C=O) groups excluding carboxylic acids is 1. The van der Waals surface area contributed by atoms with E-state index in [4.69, 9.17) is 0 Å². The van der Waals surface area contributed by atoms with Crippen LogP contribution in [0.2, 0.25) is 0 Å². The van der Waals surface area contributed by atoms with Crippen molar-refractivity contribution in [2.45, 2.75) is 11.3 Å². The summed E-state index contributed by atoms with van der Waals surface area (Å²) < 4.78 is 23.7. The molecule has 0 bridgehead atoms. The lowest BCUT2D eigenvalue weighted by molar-refractivity contribution is 0.112. The zero-order chi connectivity index (χ0) is 11.3. The first kappa shape index (κ1) is 9.59. The lowest BCUT2D eigenvalue weighted by Gasteiger charge is -1.99. The van der Waals surface area contributed by atoms with Crippen molar-refractivity contribution in [1.82, 2.24) is 4.98 Å². The molecule has 0 spiro atoms. The molecule has 2 heterocycles. The van der Waals surface area contributed by atoms with Gasteiger partial charge in [0.25, 0.3) is 0 Å². The molecule has 0 saturated carbocycles. The van der Waals surface area contributed by atoms with E-state index in [1.165, 1.54) is 0 Å². The quantitative estimate of drug-likeness (QED) is 0.758. The lowest BCUT2D eigenvalue weighted by Crippen LogP contribution is -1.98. The van der Waals surface area contributed by atoms with E-state index >= 15 is 0 Å². The van der Waals surface area contributed by atoms with Gasteiger partial charge in [0.2, 0.25) is 0 Å². The molecule has 3 rings (SSSR count). The molecule has 0 aliphatic carbocycles. The first-order valence-electron chi connectivity index (χ1n) is 4.94. The number of aldehydes is 1. The maximum Gasteiger partial charge on any atom is 0.179 e. The van der Waals surface area contributed by atoms with Gasteiger partial charge in [0.15, 0.2) is 16.1 Å². The Hall–Kier alpha value is -1.62. The highest BCUT2D eigenvalue weighted by atomic mass is 32.2. The zero-order valence-electron chi connectivity index (χ0n) is 8.36. The summed E-state index contributed by atoms with van der Waals surface area (Å²) in [4.78, 5) is 13.9. The molecule has 1 aromatic heterocycles. The number of aromatic amines is 1. The van der Waals surface area contributed by atoms with Crippen molar-refractivity contribution < 1.29 is 13.2 Å². The maximum absolute atomic E-state index is 11.9. The van der Waals surface area contributed by atoms with E-state index in [0.29, 0.717) is 34.2 Å². The maximum atomic E-state index is 11.9. The van der Waals surface area contributed by atoms with E-state index in [1.807, 2.05) is 12.1 Å². The van der Waals surface area contributed by atoms with Gasteiger partial charge >= 0.3 is 0 Å². The number of fused-ring (bicyclic) bond motifs is 3. The van der Waals surface area contributed by atoms with Crippen LogP contribution in [0.25, 0.3) is 10.9 Å². The van der Waals surface area contributed by atoms with Crippen LogP contribution in [0.4, 0.5) is 0 Å². The summed E-state index contributed by atoms with van der Waals surface area (Å²) in [5.74, 6) is 0.170. The summed E-state index contributed by atoms with van der Waals surface area (Å²) in [6, 6.07) is 5.24. The second-order valence-corrected chi connectivity index (χ2v) is 5.97. The smallest absolute Gasteiger partial charge is 0.179 e. The molecule has 0 unspecified atom stereocenters. The van der Waals surface area contributed by atoms with Crippen LogP contribution in [0.3, 0.4) is 0 Å². The molecule has 5 heteroatoms. The highest BCUT2D eigenvalue weighted by molar-refractivity contribution is 7.92. The van der Waals surface area contributed by atoms with Crippen molar-refractivity contribution in [2.75, 3.05) is 5.75 Å². The average Bonchev–Trinajstić information content (AvgIpc) is 2.78. The van der Waals surface area contributed by atoms with Crippen molar-refractivity contribution in [3.05, 3.63) is 29.5 Å². The number of H-pyrrole nitrogens is 1. The minimum Gasteiger partial charge on any atom is -0.352 e. The molecule has 0 saturated heterocycles. The molecule has 2 aromatic rings. The minimum absolute atomic E-state index is 0.170. The number of rotatable bonds is 1. The third-order valence-electron chi connectivity index (χ3n) is 2.93. The Labute approximate surface area is 92.2 Å². The Morgan fingerprint density at radius 1 is 1.31 bits per heavy atom. The van der Waals surface area contributed by atoms with Crippen LogP contribution in [0.15, 0.2) is 23.1 Å². The second-order valence-electron chi connectivity index (χ2n) is 3.93. The van der Waals surface area contributed by atoms with Gasteiger partial charge in [0.05, 0.1) is 16.3 Å². The number of hydrogen-bond acceptors (Lipinski definition) is 3. The highest BCUT2D eigenvalue weighted by Crippen LogP contribution is 2.33. The molecule has 4 nitrogen and oxygen atoms in total. The topological polar surface area (TPSA) is 67.0 Å². The highest BCUT2D eigenvalue weighted by Gasteiger charge is 2.28. The fourth-order valence-electron chi connectivity index (χ4n) is 2.22. The van der Waals surface area contributed by atoms with Gasteiger partial charge in [0.1, 0.15) is 0 Å². The van der Waals surface area contributed by atoms with Gasteiger partial charge in [-0.15, -0.1) is 0 Å². The fourth-order valence-corrected chi connectivity index (χ4v) is 3.98. The van der Waals surface area contributed by atoms with Gasteiger partial charge in [-0.05, 0) is 24.1 Å². The number of aryl methyl sites for hydroxylation is 1. The summed E-state index contributed by atoms with van der Waals surface area (Å²) in [6.07, 6.45) is 1.25. The molecule has 1 aliphatic heterocycles. The van der Waals surface area contributed by atoms with Gasteiger partial charge < -0.3 is 4.98 Å². The summed E-state index contributed by atoms with van der Waals surface area (Å²) in [5, 5.41) is 0.636. The zero-order valence-corrected chi connectivity index (χ0v) is 9.17. The molecule has 0 atom stereocenters. The first-order valence-corrected chi connectivity index (χ1v) is 6.59. The third-order valence-corrected chi connectivity index (χ3v) is 4.78. The number of hydrogen-bond donors (Lipinski definition) is 1. The Morgan fingerprint density at radius 2 is 2.12 bits per heavy atom. The van der Waals surface area contributed by atoms with Gasteiger partial charge in [-0.3, -0.25) is 4.79 Å². The van der Waals surface area contributed by atoms with Crippen LogP contribution >= 0.6 is 0 Å². The number of carbonyl (C=O) groups is 1. The monoisotopic (exact) mass is 235 g/mol. The molecule has 0 amide bonds. The van der Waals surface area contributed by atoms with E-state index in [9.17, 15) is 13.2 Å². The third kappa shape index (κ3) is 1.15. The molecule has 1 N–H and O–H groups in total. The van der Waals surface area contributed by atoms with Gasteiger partial charge in [-0.25, -0.2) is 8.42 Å². The number of sulfone groups is 1. The number of aromatic nitrogens is 1. The number of benzene rings is 1. The fraction of sp³-hybridized carbons (Fsp3) is 0.182. The van der Waals surface area contributed by atoms with Crippen LogP contribution in [0.5, 0.6) is 0 Å². The Kier molecular flexibility index (Phi) is 1.77. The van der Waals surface area contributed by atoms with Crippen LogP contribution in [-0.4, -0.2) is 25.4 Å². The molecule has 0 fully saturated rings. The van der Waals surface area contributed by atoms with Crippen molar-refractivity contribution >= 4 is 27.0 Å². The molecular formula is C11H9NO3S. The normalized spacial score (nSPS) is 17.5. The average molecular weight is 235 g/mol. The van der Waals surface area contributed by atoms with Crippen LogP contribution in [-0.2, 0) is 16.3 Å². The van der Waals surface area contributed by atoms with Crippen LogP contribution < -0.4 is 0 Å². The first-order chi connectivity index (χ1) is 7.62. The lowest BCUT2D eigenvalue weighted by atomic mass is 10.1. The van der Waals surface area contributed by atoms with E-state index < -0.39 is 9.84 Å². The van der Waals surface area contributed by atoms with Gasteiger partial charge in [-0.1, -0.05) is 6.07 Å². The van der Waals surface area contributed by atoms with Crippen LogP contribution in [0, 0.1) is 0 Å². The van der Waals surface area contributed by atoms with Gasteiger partial charge in [0, 0.05) is 10.9 Å². The molecule has 82 valence electrons. The van der Waals surface area contributed by atoms with E-state index in [1.54, 1.807) is 6.07 Å². The standard InChI is InChI=1S/C11H9NO3S/c13-6-8-5-9-10(12-8)2-1-7-3-4-16(14,15)11(7)9/h1-2,5-6,12H,3-4H2. The summed E-state index contributed by atoms with van der Waals surface area (Å²) >= 11 is 0. The molecule has 16 heavy (non-hydrogen) atoms. The van der Waals surface area contributed by atoms with Gasteiger partial charge in [-0.2, -0.15) is 0 Å². The van der Waals surface area contributed by atoms with Crippen molar-refractivity contribution in [1.29, 1.82) is 0 Å². The molecule has 0 radical (unpaired) electrons. The SMILES string of the molecule is O=Cc1cc2c3c(ccc2[nH]1)CCS3(=O)=O. The predicted octanol–water partition coefficient (Wildman–Crippen LogP) is 1.31. The molecule has 1 aliphatic rings. The van der Waals surface area contributed by atoms with E-state index in [2.05, 4.69) is 4.98 Å². The Morgan fingerprint density at radius 3 is 2.88 bits per heavy atom. The van der Waals surface area contributed by atoms with Crippen molar-refractivity contribution in [3.63, 3.8) is 0 Å². The largest absolute Gasteiger partial charge is 0.352 e. The number of nitrogens with one attached hydrogen (secondary N) is 1. The second kappa shape index (κ2) is 2.95. The summed E-state index contributed by atoms with van der Waals surface area (Å²) in [7, 11) is -3.16. The van der Waals surface area contributed by atoms with E-state index in [0.717, 1.165) is 5.56 Å². The minimum atomic E-state index is -3.16. The van der Waals surface area contributed by atoms with Crippen molar-refractivity contribution in [2.24, 2.45) is 0 Å².